The fourth-order valence-corrected chi connectivity index (χ4v) is 9.32. The maximum absolute atomic E-state index is 5.16. The number of aromatic nitrogens is 6. The molecule has 9 aromatic rings. The zero-order valence-electron chi connectivity index (χ0n) is 33.1. The molecular weight excluding hydrogens is 758 g/mol. The van der Waals surface area contributed by atoms with Crippen LogP contribution in [-0.4, -0.2) is 44.6 Å². The molecule has 0 amide bonds. The molecular formula is C49H38B2N6S2. The molecule has 6 nitrogen and oxygen atoms in total. The van der Waals surface area contributed by atoms with Crippen molar-refractivity contribution >= 4 is 86.5 Å². The summed E-state index contributed by atoms with van der Waals surface area (Å²) in [5, 5.41) is 0.937. The van der Waals surface area contributed by atoms with E-state index in [1.807, 2.05) is 78.9 Å². The average Bonchev–Trinajstić information content (AvgIpc) is 3.96. The normalized spacial score (nSPS) is 11.8. The van der Waals surface area contributed by atoms with E-state index >= 15 is 0 Å². The topological polar surface area (TPSA) is 69.4 Å². The minimum Gasteiger partial charge on any atom is -0.326 e. The Morgan fingerprint density at radius 3 is 1.98 bits per heavy atom. The van der Waals surface area contributed by atoms with Crippen LogP contribution in [0.1, 0.15) is 22.4 Å². The van der Waals surface area contributed by atoms with Crippen LogP contribution >= 0.6 is 22.7 Å². The smallest absolute Gasteiger partial charge is 0.177 e. The molecule has 4 heterocycles. The second kappa shape index (κ2) is 16.3. The second-order valence-corrected chi connectivity index (χ2v) is 16.4. The van der Waals surface area contributed by atoms with Gasteiger partial charge in [-0.15, -0.1) is 22.7 Å². The Bertz CT molecular complexity index is 3050. The Balaban J connectivity index is 1.09. The Labute approximate surface area is 353 Å². The molecule has 0 bridgehead atoms. The lowest BCUT2D eigenvalue weighted by atomic mass is 9.74. The first-order valence-corrected chi connectivity index (χ1v) is 21.2. The van der Waals surface area contributed by atoms with Crippen molar-refractivity contribution in [1.82, 2.24) is 29.5 Å². The maximum atomic E-state index is 5.16. The summed E-state index contributed by atoms with van der Waals surface area (Å²) in [5.74, 6) is 1.86. The molecule has 0 unspecified atom stereocenters. The summed E-state index contributed by atoms with van der Waals surface area (Å²) in [6.07, 6.45) is 10.2. The summed E-state index contributed by atoms with van der Waals surface area (Å²) in [4.78, 5) is 25.8. The van der Waals surface area contributed by atoms with Crippen LogP contribution in [-0.2, 0) is 0 Å². The second-order valence-electron chi connectivity index (χ2n) is 14.2. The van der Waals surface area contributed by atoms with Crippen molar-refractivity contribution in [3.05, 3.63) is 175 Å². The van der Waals surface area contributed by atoms with Gasteiger partial charge in [0.25, 0.3) is 0 Å². The third-order valence-corrected chi connectivity index (χ3v) is 12.4. The molecule has 0 spiro atoms. The van der Waals surface area contributed by atoms with Crippen LogP contribution in [0.5, 0.6) is 0 Å². The Hall–Kier alpha value is -6.74. The van der Waals surface area contributed by atoms with Gasteiger partial charge in [0.15, 0.2) is 32.6 Å². The van der Waals surface area contributed by atoms with Gasteiger partial charge in [-0.1, -0.05) is 123 Å². The highest BCUT2D eigenvalue weighted by Gasteiger charge is 2.20. The molecule has 0 saturated heterocycles. The van der Waals surface area contributed by atoms with E-state index in [9.17, 15) is 0 Å². The van der Waals surface area contributed by atoms with Gasteiger partial charge in [0.2, 0.25) is 0 Å². The Kier molecular flexibility index (Phi) is 10.4. The minimum absolute atomic E-state index is 0.605. The van der Waals surface area contributed by atoms with Crippen molar-refractivity contribution in [1.29, 1.82) is 0 Å². The summed E-state index contributed by atoms with van der Waals surface area (Å²) in [7, 11) is 2.90. The van der Waals surface area contributed by atoms with Gasteiger partial charge in [0.1, 0.15) is 5.01 Å². The fraction of sp³-hybridized carbons (Fsp3) is 0.0408. The van der Waals surface area contributed by atoms with Gasteiger partial charge in [0.05, 0.1) is 20.4 Å². The molecule has 0 aliphatic rings. The summed E-state index contributed by atoms with van der Waals surface area (Å²) >= 11 is 3.40. The van der Waals surface area contributed by atoms with E-state index in [1.165, 1.54) is 10.3 Å². The predicted octanol–water partition coefficient (Wildman–Crippen LogP) is 10.2. The van der Waals surface area contributed by atoms with Crippen molar-refractivity contribution in [2.45, 2.75) is 13.7 Å². The minimum atomic E-state index is 0.605. The SMILES string of the molecule is Bc1nc2cc(-n3c(C)c(/C=C\C=C)c(/C=C(\C=C)c4cccc(-c5nc6cc(-c7nc(-c8ccccc8)nc(-c8ccccc8)n7)ccc6s5)c4)c3BC)ccc2s1. The van der Waals surface area contributed by atoms with Gasteiger partial charge in [0, 0.05) is 44.1 Å². The fourth-order valence-electron chi connectivity index (χ4n) is 7.57. The summed E-state index contributed by atoms with van der Waals surface area (Å²) < 4.78 is 4.65. The number of benzene rings is 5. The zero-order valence-corrected chi connectivity index (χ0v) is 34.7. The van der Waals surface area contributed by atoms with Crippen LogP contribution in [0.3, 0.4) is 0 Å². The highest BCUT2D eigenvalue weighted by atomic mass is 32.1. The molecule has 10 heteroatoms. The average molecular weight is 797 g/mol. The maximum Gasteiger partial charge on any atom is 0.177 e. The lowest BCUT2D eigenvalue weighted by Crippen LogP contribution is -2.24. The largest absolute Gasteiger partial charge is 0.326 e. The van der Waals surface area contributed by atoms with E-state index in [1.54, 1.807) is 22.7 Å². The molecule has 0 aliphatic heterocycles. The first kappa shape index (κ1) is 37.8. The van der Waals surface area contributed by atoms with Gasteiger partial charge < -0.3 is 4.57 Å². The summed E-state index contributed by atoms with van der Waals surface area (Å²) in [6, 6.07) is 41.5. The highest BCUT2D eigenvalue weighted by Crippen LogP contribution is 2.35. The van der Waals surface area contributed by atoms with Gasteiger partial charge in [-0.3, -0.25) is 4.98 Å². The number of thiazole rings is 2. The Morgan fingerprint density at radius 2 is 1.31 bits per heavy atom. The van der Waals surface area contributed by atoms with E-state index < -0.39 is 0 Å². The molecule has 0 radical (unpaired) electrons. The van der Waals surface area contributed by atoms with Crippen LogP contribution in [0, 0.1) is 6.92 Å². The third-order valence-electron chi connectivity index (χ3n) is 10.4. The summed E-state index contributed by atoms with van der Waals surface area (Å²) in [5.41, 5.74) is 13.6. The van der Waals surface area contributed by atoms with Crippen molar-refractivity contribution in [3.63, 3.8) is 0 Å². The number of rotatable bonds is 11. The number of hydrogen-bond acceptors (Lipinski definition) is 7. The molecule has 282 valence electrons. The molecule has 0 saturated carbocycles. The first-order chi connectivity index (χ1) is 28.9. The first-order valence-electron chi connectivity index (χ1n) is 19.5. The van der Waals surface area contributed by atoms with E-state index in [0.29, 0.717) is 17.5 Å². The van der Waals surface area contributed by atoms with Crippen molar-refractivity contribution in [2.24, 2.45) is 0 Å². The van der Waals surface area contributed by atoms with Crippen LogP contribution in [0.4, 0.5) is 0 Å². The number of nitrogens with zero attached hydrogens (tertiary/aromatic N) is 6. The molecule has 59 heavy (non-hydrogen) atoms. The van der Waals surface area contributed by atoms with Gasteiger partial charge in [-0.25, -0.2) is 19.9 Å². The number of hydrogen-bond donors (Lipinski definition) is 0. The van der Waals surface area contributed by atoms with Crippen molar-refractivity contribution < 1.29 is 0 Å². The Morgan fingerprint density at radius 1 is 0.661 bits per heavy atom. The van der Waals surface area contributed by atoms with Gasteiger partial charge in [-0.2, -0.15) is 0 Å². The van der Waals surface area contributed by atoms with Gasteiger partial charge in [-0.05, 0) is 77.8 Å². The molecule has 0 N–H and O–H groups in total. The van der Waals surface area contributed by atoms with Crippen LogP contribution in [0.15, 0.2) is 153 Å². The van der Waals surface area contributed by atoms with Crippen LogP contribution in [0.25, 0.3) is 88.6 Å². The van der Waals surface area contributed by atoms with E-state index in [4.69, 9.17) is 24.9 Å². The molecule has 0 fully saturated rings. The van der Waals surface area contributed by atoms with Crippen LogP contribution in [0.2, 0.25) is 6.82 Å². The van der Waals surface area contributed by atoms with E-state index in [0.717, 1.165) is 88.8 Å². The molecule has 4 aromatic heterocycles. The summed E-state index contributed by atoms with van der Waals surface area (Å²) in [6.45, 7) is 12.7. The zero-order chi connectivity index (χ0) is 40.5. The van der Waals surface area contributed by atoms with Gasteiger partial charge >= 0.3 is 0 Å². The monoisotopic (exact) mass is 796 g/mol. The quantitative estimate of drug-likeness (QED) is 0.0963. The highest BCUT2D eigenvalue weighted by molar-refractivity contribution is 7.25. The third kappa shape index (κ3) is 7.44. The van der Waals surface area contributed by atoms with E-state index in [-0.39, 0.29) is 0 Å². The lowest BCUT2D eigenvalue weighted by Gasteiger charge is -2.12. The predicted molar refractivity (Wildman–Crippen MR) is 257 cm³/mol. The van der Waals surface area contributed by atoms with Crippen LogP contribution < -0.4 is 10.5 Å². The molecule has 0 atom stereocenters. The number of allylic oxidation sites excluding steroid dienone is 4. The lowest BCUT2D eigenvalue weighted by molar-refractivity contribution is 1.04. The molecule has 0 aliphatic carbocycles. The van der Waals surface area contributed by atoms with Crippen molar-refractivity contribution in [2.75, 3.05) is 0 Å². The van der Waals surface area contributed by atoms with E-state index in [2.05, 4.69) is 112 Å². The molecule has 9 rings (SSSR count). The molecule has 5 aromatic carbocycles. The van der Waals surface area contributed by atoms with Crippen molar-refractivity contribution in [3.8, 4) is 50.4 Å². The number of fused-ring (bicyclic) bond motifs is 2. The standard InChI is InChI=1S/C49H38B2N6S2/c1-5-7-21-38-30(3)57(37-23-25-43-41(29-37)53-49(50)59-43)44(51-4)39(38)27-31(6-2)34-19-14-20-36(26-34)48-52-40-28-35(22-24-42(40)58-48)47-55-45(32-15-10-8-11-16-32)54-46(56-47)33-17-12-9-13-18-33/h5-29,51H,1-2,50H2,3-4H3/b21-7-,31-27+.